The minimum atomic E-state index is -3.66. The lowest BCUT2D eigenvalue weighted by molar-refractivity contribution is 0.229. The zero-order chi connectivity index (χ0) is 17.7. The molecule has 1 aliphatic carbocycles. The highest BCUT2D eigenvalue weighted by Crippen LogP contribution is 2.37. The van der Waals surface area contributed by atoms with Gasteiger partial charge in [-0.15, -0.1) is 0 Å². The van der Waals surface area contributed by atoms with Crippen LogP contribution >= 0.6 is 0 Å². The molecule has 0 atom stereocenters. The highest BCUT2D eigenvalue weighted by Gasteiger charge is 2.39. The van der Waals surface area contributed by atoms with E-state index in [2.05, 4.69) is 10.1 Å². The summed E-state index contributed by atoms with van der Waals surface area (Å²) in [5.41, 5.74) is 7.21. The maximum Gasteiger partial charge on any atom is 0.267 e. The molecule has 25 heavy (non-hydrogen) atoms. The van der Waals surface area contributed by atoms with Crippen molar-refractivity contribution in [3.8, 4) is 11.5 Å². The molecule has 0 unspecified atom stereocenters. The number of hydrogen-bond acceptors (Lipinski definition) is 6. The van der Waals surface area contributed by atoms with Crippen LogP contribution < -0.4 is 5.73 Å². The quantitative estimate of drug-likeness (QED) is 0.768. The Morgan fingerprint density at radius 2 is 1.92 bits per heavy atom. The van der Waals surface area contributed by atoms with Crippen LogP contribution in [0, 0.1) is 6.92 Å². The predicted octanol–water partition coefficient (Wildman–Crippen LogP) is 2.42. The maximum absolute atomic E-state index is 12.7. The minimum absolute atomic E-state index is 0.224. The summed E-state index contributed by atoms with van der Waals surface area (Å²) in [7, 11) is -3.66. The largest absolute Gasteiger partial charge is 0.334 e. The fraction of sp³-hybridized carbons (Fsp3) is 0.294. The van der Waals surface area contributed by atoms with Crippen molar-refractivity contribution in [2.24, 2.45) is 5.73 Å². The molecule has 1 aliphatic rings. The van der Waals surface area contributed by atoms with Crippen LogP contribution in [0.1, 0.15) is 30.7 Å². The van der Waals surface area contributed by atoms with Crippen LogP contribution in [0.5, 0.6) is 0 Å². The van der Waals surface area contributed by atoms with Gasteiger partial charge in [-0.1, -0.05) is 22.9 Å². The first-order chi connectivity index (χ1) is 11.9. The molecular formula is C17H18N4O3S. The number of nitrogens with two attached hydrogens (primary N) is 1. The monoisotopic (exact) mass is 358 g/mol. The van der Waals surface area contributed by atoms with Gasteiger partial charge < -0.3 is 10.3 Å². The molecule has 0 bridgehead atoms. The lowest BCUT2D eigenvalue weighted by Gasteiger charge is -2.34. The van der Waals surface area contributed by atoms with Gasteiger partial charge in [-0.3, -0.25) is 0 Å². The fourth-order valence-electron chi connectivity index (χ4n) is 2.81. The molecule has 0 spiro atoms. The number of hydrogen-bond donors (Lipinski definition) is 1. The van der Waals surface area contributed by atoms with Gasteiger partial charge in [0.2, 0.25) is 0 Å². The third-order valence-electron chi connectivity index (χ3n) is 4.63. The minimum Gasteiger partial charge on any atom is -0.334 e. The number of aromatic nitrogens is 3. The number of rotatable bonds is 4. The Kier molecular flexibility index (Phi) is 3.55. The first-order valence-electron chi connectivity index (χ1n) is 8.02. The summed E-state index contributed by atoms with van der Waals surface area (Å²) in [5.74, 6) is 0.743. The second-order valence-corrected chi connectivity index (χ2v) is 8.32. The van der Waals surface area contributed by atoms with E-state index in [4.69, 9.17) is 10.3 Å². The smallest absolute Gasteiger partial charge is 0.267 e. The van der Waals surface area contributed by atoms with Crippen molar-refractivity contribution in [3.63, 3.8) is 0 Å². The van der Waals surface area contributed by atoms with Crippen molar-refractivity contribution >= 4 is 10.0 Å². The van der Waals surface area contributed by atoms with Crippen LogP contribution in [0.3, 0.4) is 0 Å². The number of aryl methyl sites for hydroxylation is 1. The van der Waals surface area contributed by atoms with E-state index < -0.39 is 15.6 Å². The van der Waals surface area contributed by atoms with Crippen molar-refractivity contribution in [3.05, 3.63) is 54.1 Å². The lowest BCUT2D eigenvalue weighted by Crippen LogP contribution is -2.44. The molecule has 3 aromatic rings. The molecule has 0 radical (unpaired) electrons. The number of benzene rings is 1. The van der Waals surface area contributed by atoms with E-state index in [1.54, 1.807) is 30.3 Å². The molecule has 1 saturated carbocycles. The Morgan fingerprint density at radius 1 is 1.20 bits per heavy atom. The van der Waals surface area contributed by atoms with Gasteiger partial charge in [-0.2, -0.15) is 4.98 Å². The van der Waals surface area contributed by atoms with Crippen molar-refractivity contribution < 1.29 is 12.9 Å². The third kappa shape index (κ3) is 2.67. The van der Waals surface area contributed by atoms with Gasteiger partial charge in [0.25, 0.3) is 15.9 Å². The molecule has 1 fully saturated rings. The van der Waals surface area contributed by atoms with Crippen molar-refractivity contribution in [1.29, 1.82) is 0 Å². The Labute approximate surface area is 145 Å². The molecule has 4 rings (SSSR count). The van der Waals surface area contributed by atoms with Crippen molar-refractivity contribution in [2.75, 3.05) is 0 Å². The number of nitrogens with zero attached hydrogens (tertiary/aromatic N) is 3. The van der Waals surface area contributed by atoms with Crippen LogP contribution in [0.2, 0.25) is 0 Å². The highest BCUT2D eigenvalue weighted by molar-refractivity contribution is 7.90. The van der Waals surface area contributed by atoms with Gasteiger partial charge in [0.15, 0.2) is 5.82 Å². The molecule has 2 heterocycles. The molecule has 1 aromatic carbocycles. The molecule has 2 aromatic heterocycles. The second-order valence-electron chi connectivity index (χ2n) is 6.48. The summed E-state index contributed by atoms with van der Waals surface area (Å²) in [6.07, 6.45) is 5.64. The summed E-state index contributed by atoms with van der Waals surface area (Å²) in [6, 6.07) is 8.34. The SMILES string of the molecule is Cc1ccc(S(=O)(=O)n2ccc(-c3nc(C4(N)CCC4)no3)c2)cc1. The standard InChI is InChI=1S/C17H18N4O3S/c1-12-3-5-14(6-4-12)25(22,23)21-10-7-13(11-21)15-19-16(20-24-15)17(18)8-2-9-17/h3-7,10-11H,2,8-9,18H2,1H3. The lowest BCUT2D eigenvalue weighted by atomic mass is 9.77. The van der Waals surface area contributed by atoms with Gasteiger partial charge in [-0.05, 0) is 44.4 Å². The van der Waals surface area contributed by atoms with E-state index in [0.717, 1.165) is 28.8 Å². The van der Waals surface area contributed by atoms with E-state index in [-0.39, 0.29) is 10.8 Å². The van der Waals surface area contributed by atoms with Crippen LogP contribution in [-0.2, 0) is 15.6 Å². The molecule has 0 saturated heterocycles. The van der Waals surface area contributed by atoms with Gasteiger partial charge in [0.05, 0.1) is 16.0 Å². The Bertz CT molecular complexity index is 1010. The van der Waals surface area contributed by atoms with E-state index in [1.165, 1.54) is 12.4 Å². The van der Waals surface area contributed by atoms with Gasteiger partial charge in [-0.25, -0.2) is 12.4 Å². The predicted molar refractivity (Wildman–Crippen MR) is 91.2 cm³/mol. The molecule has 130 valence electrons. The van der Waals surface area contributed by atoms with Crippen LogP contribution in [-0.4, -0.2) is 22.5 Å². The molecule has 7 nitrogen and oxygen atoms in total. The van der Waals surface area contributed by atoms with E-state index in [0.29, 0.717) is 11.4 Å². The molecule has 8 heteroatoms. The van der Waals surface area contributed by atoms with Crippen LogP contribution in [0.15, 0.2) is 52.1 Å². The van der Waals surface area contributed by atoms with Crippen LogP contribution in [0.4, 0.5) is 0 Å². The summed E-state index contributed by atoms with van der Waals surface area (Å²) >= 11 is 0. The highest BCUT2D eigenvalue weighted by atomic mass is 32.2. The summed E-state index contributed by atoms with van der Waals surface area (Å²) in [5, 5.41) is 3.96. The summed E-state index contributed by atoms with van der Waals surface area (Å²) in [4.78, 5) is 4.57. The van der Waals surface area contributed by atoms with Crippen molar-refractivity contribution in [2.45, 2.75) is 36.6 Å². The average Bonchev–Trinajstić information content (AvgIpc) is 3.22. The topological polar surface area (TPSA) is 104 Å². The molecule has 0 aliphatic heterocycles. The Morgan fingerprint density at radius 3 is 2.56 bits per heavy atom. The van der Waals surface area contributed by atoms with Gasteiger partial charge in [0.1, 0.15) is 0 Å². The zero-order valence-electron chi connectivity index (χ0n) is 13.7. The van der Waals surface area contributed by atoms with Crippen molar-refractivity contribution in [1.82, 2.24) is 14.1 Å². The second kappa shape index (κ2) is 5.53. The van der Waals surface area contributed by atoms with E-state index >= 15 is 0 Å². The first-order valence-corrected chi connectivity index (χ1v) is 9.46. The average molecular weight is 358 g/mol. The summed E-state index contributed by atoms with van der Waals surface area (Å²) in [6.45, 7) is 1.91. The zero-order valence-corrected chi connectivity index (χ0v) is 14.5. The molecule has 2 N–H and O–H groups in total. The van der Waals surface area contributed by atoms with E-state index in [1.807, 2.05) is 6.92 Å². The van der Waals surface area contributed by atoms with Gasteiger partial charge >= 0.3 is 0 Å². The van der Waals surface area contributed by atoms with E-state index in [9.17, 15) is 8.42 Å². The summed E-state index contributed by atoms with van der Waals surface area (Å²) < 4.78 is 31.8. The van der Waals surface area contributed by atoms with Gasteiger partial charge in [0, 0.05) is 12.4 Å². The fourth-order valence-corrected chi connectivity index (χ4v) is 4.01. The van der Waals surface area contributed by atoms with Crippen LogP contribution in [0.25, 0.3) is 11.5 Å². The molecular weight excluding hydrogens is 340 g/mol. The third-order valence-corrected chi connectivity index (χ3v) is 6.28. The maximum atomic E-state index is 12.7. The first kappa shape index (κ1) is 16.0. The molecule has 0 amide bonds. The Balaban J connectivity index is 1.65. The Hall–Kier alpha value is -2.45. The normalized spacial score (nSPS) is 16.6.